The predicted molar refractivity (Wildman–Crippen MR) is 87.5 cm³/mol. The van der Waals surface area contributed by atoms with E-state index >= 15 is 0 Å². The van der Waals surface area contributed by atoms with Crippen molar-refractivity contribution in [2.24, 2.45) is 7.05 Å². The fourth-order valence-electron chi connectivity index (χ4n) is 1.96. The SMILES string of the molecule is CC(=O)c1ccc(NC(=S)NCc2cn(C)nc2C)cc1. The van der Waals surface area contributed by atoms with Crippen LogP contribution in [-0.4, -0.2) is 20.7 Å². The number of anilines is 1. The van der Waals surface area contributed by atoms with Crippen LogP contribution in [-0.2, 0) is 13.6 Å². The third-order valence-electron chi connectivity index (χ3n) is 3.10. The number of hydrogen-bond acceptors (Lipinski definition) is 3. The number of aryl methyl sites for hydroxylation is 2. The number of thiocarbonyl (C=S) groups is 1. The molecule has 2 N–H and O–H groups in total. The molecule has 6 heteroatoms. The summed E-state index contributed by atoms with van der Waals surface area (Å²) in [5.41, 5.74) is 3.62. The lowest BCUT2D eigenvalue weighted by atomic mass is 10.1. The van der Waals surface area contributed by atoms with Crippen LogP contribution in [0.25, 0.3) is 0 Å². The smallest absolute Gasteiger partial charge is 0.171 e. The molecule has 21 heavy (non-hydrogen) atoms. The molecule has 0 aliphatic heterocycles. The minimum Gasteiger partial charge on any atom is -0.358 e. The zero-order chi connectivity index (χ0) is 15.4. The Morgan fingerprint density at radius 2 is 2.00 bits per heavy atom. The first-order valence-corrected chi connectivity index (χ1v) is 7.01. The Morgan fingerprint density at radius 3 is 2.52 bits per heavy atom. The summed E-state index contributed by atoms with van der Waals surface area (Å²) in [6.45, 7) is 4.13. The lowest BCUT2D eigenvalue weighted by Gasteiger charge is -2.10. The van der Waals surface area contributed by atoms with E-state index in [4.69, 9.17) is 12.2 Å². The van der Waals surface area contributed by atoms with E-state index in [0.29, 0.717) is 17.2 Å². The number of aromatic nitrogens is 2. The molecule has 0 amide bonds. The van der Waals surface area contributed by atoms with Gasteiger partial charge in [0.1, 0.15) is 0 Å². The van der Waals surface area contributed by atoms with E-state index in [-0.39, 0.29) is 5.78 Å². The molecule has 1 heterocycles. The zero-order valence-corrected chi connectivity index (χ0v) is 13.1. The molecule has 0 spiro atoms. The number of nitrogens with one attached hydrogen (secondary N) is 2. The molecule has 2 aromatic rings. The van der Waals surface area contributed by atoms with Crippen molar-refractivity contribution in [2.75, 3.05) is 5.32 Å². The van der Waals surface area contributed by atoms with Crippen molar-refractivity contribution in [3.05, 3.63) is 47.3 Å². The van der Waals surface area contributed by atoms with Crippen LogP contribution in [0.5, 0.6) is 0 Å². The summed E-state index contributed by atoms with van der Waals surface area (Å²) < 4.78 is 1.78. The van der Waals surface area contributed by atoms with Crippen LogP contribution in [0.1, 0.15) is 28.5 Å². The van der Waals surface area contributed by atoms with Gasteiger partial charge in [0.25, 0.3) is 0 Å². The summed E-state index contributed by atoms with van der Waals surface area (Å²) in [4.78, 5) is 11.2. The molecule has 1 aromatic carbocycles. The van der Waals surface area contributed by atoms with E-state index in [9.17, 15) is 4.79 Å². The van der Waals surface area contributed by atoms with Crippen LogP contribution in [0.2, 0.25) is 0 Å². The van der Waals surface area contributed by atoms with Crippen molar-refractivity contribution in [3.8, 4) is 0 Å². The first-order valence-electron chi connectivity index (χ1n) is 6.60. The summed E-state index contributed by atoms with van der Waals surface area (Å²) in [5, 5.41) is 11.0. The molecule has 0 aliphatic carbocycles. The number of nitrogens with zero attached hydrogens (tertiary/aromatic N) is 2. The molecule has 1 aromatic heterocycles. The van der Waals surface area contributed by atoms with Gasteiger partial charge in [-0.1, -0.05) is 0 Å². The van der Waals surface area contributed by atoms with Gasteiger partial charge in [-0.2, -0.15) is 5.10 Å². The predicted octanol–water partition coefficient (Wildman–Crippen LogP) is 2.42. The molecule has 0 bridgehead atoms. The largest absolute Gasteiger partial charge is 0.358 e. The Balaban J connectivity index is 1.89. The molecule has 110 valence electrons. The minimum absolute atomic E-state index is 0.0503. The number of ketones is 1. The number of carbonyl (C=O) groups excluding carboxylic acids is 1. The lowest BCUT2D eigenvalue weighted by Crippen LogP contribution is -2.28. The van der Waals surface area contributed by atoms with Crippen molar-refractivity contribution in [2.45, 2.75) is 20.4 Å². The van der Waals surface area contributed by atoms with Gasteiger partial charge in [0.15, 0.2) is 10.9 Å². The van der Waals surface area contributed by atoms with Crippen LogP contribution < -0.4 is 10.6 Å². The van der Waals surface area contributed by atoms with Gasteiger partial charge in [-0.05, 0) is 50.3 Å². The second kappa shape index (κ2) is 6.49. The van der Waals surface area contributed by atoms with E-state index in [2.05, 4.69) is 15.7 Å². The molecule has 0 atom stereocenters. The minimum atomic E-state index is 0.0503. The molecule has 0 aliphatic rings. The zero-order valence-electron chi connectivity index (χ0n) is 12.3. The standard InChI is InChI=1S/C15H18N4OS/c1-10-13(9-19(3)18-10)8-16-15(21)17-14-6-4-12(5-7-14)11(2)20/h4-7,9H,8H2,1-3H3,(H2,16,17,21). The highest BCUT2D eigenvalue weighted by atomic mass is 32.1. The third kappa shape index (κ3) is 4.13. The highest BCUT2D eigenvalue weighted by Crippen LogP contribution is 2.10. The van der Waals surface area contributed by atoms with Crippen LogP contribution in [0, 0.1) is 6.92 Å². The molecular formula is C15H18N4OS. The lowest BCUT2D eigenvalue weighted by molar-refractivity contribution is 0.101. The Hall–Kier alpha value is -2.21. The van der Waals surface area contributed by atoms with Gasteiger partial charge in [0.2, 0.25) is 0 Å². The topological polar surface area (TPSA) is 59.0 Å². The summed E-state index contributed by atoms with van der Waals surface area (Å²) in [7, 11) is 1.89. The summed E-state index contributed by atoms with van der Waals surface area (Å²) in [5.74, 6) is 0.0503. The Bertz CT molecular complexity index is 661. The van der Waals surface area contributed by atoms with Gasteiger partial charge >= 0.3 is 0 Å². The van der Waals surface area contributed by atoms with Crippen LogP contribution in [0.3, 0.4) is 0 Å². The second-order valence-electron chi connectivity index (χ2n) is 4.85. The van der Waals surface area contributed by atoms with Crippen molar-refractivity contribution in [1.82, 2.24) is 15.1 Å². The number of rotatable bonds is 4. The molecule has 0 saturated heterocycles. The Morgan fingerprint density at radius 1 is 1.33 bits per heavy atom. The number of carbonyl (C=O) groups is 1. The van der Waals surface area contributed by atoms with Crippen molar-refractivity contribution in [3.63, 3.8) is 0 Å². The summed E-state index contributed by atoms with van der Waals surface area (Å²) >= 11 is 5.25. The van der Waals surface area contributed by atoms with Gasteiger partial charge in [0, 0.05) is 36.6 Å². The maximum Gasteiger partial charge on any atom is 0.171 e. The van der Waals surface area contributed by atoms with E-state index in [1.807, 2.05) is 32.3 Å². The van der Waals surface area contributed by atoms with Crippen LogP contribution in [0.4, 0.5) is 5.69 Å². The number of Topliss-reactive ketones (excluding diaryl/α,β-unsaturated/α-hetero) is 1. The normalized spacial score (nSPS) is 10.2. The first kappa shape index (κ1) is 15.2. The number of benzene rings is 1. The van der Waals surface area contributed by atoms with E-state index < -0.39 is 0 Å². The fourth-order valence-corrected chi connectivity index (χ4v) is 2.15. The van der Waals surface area contributed by atoms with E-state index in [1.165, 1.54) is 0 Å². The van der Waals surface area contributed by atoms with E-state index in [1.54, 1.807) is 23.7 Å². The fraction of sp³-hybridized carbons (Fsp3) is 0.267. The van der Waals surface area contributed by atoms with Gasteiger partial charge in [-0.25, -0.2) is 0 Å². The van der Waals surface area contributed by atoms with Gasteiger partial charge in [0.05, 0.1) is 5.69 Å². The molecule has 0 radical (unpaired) electrons. The van der Waals surface area contributed by atoms with Crippen LogP contribution >= 0.6 is 12.2 Å². The van der Waals surface area contributed by atoms with Crippen LogP contribution in [0.15, 0.2) is 30.5 Å². The molecule has 0 fully saturated rings. The van der Waals surface area contributed by atoms with Gasteiger partial charge in [-0.15, -0.1) is 0 Å². The molecule has 0 saturated carbocycles. The quantitative estimate of drug-likeness (QED) is 0.671. The van der Waals surface area contributed by atoms with E-state index in [0.717, 1.165) is 16.9 Å². The molecule has 2 rings (SSSR count). The third-order valence-corrected chi connectivity index (χ3v) is 3.35. The highest BCUT2D eigenvalue weighted by molar-refractivity contribution is 7.80. The Kier molecular flexibility index (Phi) is 4.70. The first-order chi connectivity index (χ1) is 9.95. The maximum atomic E-state index is 11.2. The average molecular weight is 302 g/mol. The summed E-state index contributed by atoms with van der Waals surface area (Å²) in [6, 6.07) is 7.22. The van der Waals surface area contributed by atoms with Crippen molar-refractivity contribution in [1.29, 1.82) is 0 Å². The molecule has 5 nitrogen and oxygen atoms in total. The average Bonchev–Trinajstić information content (AvgIpc) is 2.75. The van der Waals surface area contributed by atoms with Crippen molar-refractivity contribution >= 4 is 28.8 Å². The van der Waals surface area contributed by atoms with Gasteiger partial charge in [-0.3, -0.25) is 9.48 Å². The summed E-state index contributed by atoms with van der Waals surface area (Å²) in [6.07, 6.45) is 1.96. The molecular weight excluding hydrogens is 284 g/mol. The van der Waals surface area contributed by atoms with Crippen molar-refractivity contribution < 1.29 is 4.79 Å². The Labute approximate surface area is 129 Å². The molecule has 0 unspecified atom stereocenters. The number of hydrogen-bond donors (Lipinski definition) is 2. The second-order valence-corrected chi connectivity index (χ2v) is 5.26. The highest BCUT2D eigenvalue weighted by Gasteiger charge is 2.04. The monoisotopic (exact) mass is 302 g/mol. The maximum absolute atomic E-state index is 11.2. The van der Waals surface area contributed by atoms with Gasteiger partial charge < -0.3 is 10.6 Å².